The quantitative estimate of drug-likeness (QED) is 0.774. The molecule has 0 saturated heterocycles. The summed E-state index contributed by atoms with van der Waals surface area (Å²) in [6.07, 6.45) is 6.52. The van der Waals surface area contributed by atoms with E-state index in [-0.39, 0.29) is 5.78 Å². The van der Waals surface area contributed by atoms with E-state index in [9.17, 15) is 4.79 Å². The van der Waals surface area contributed by atoms with Gasteiger partial charge in [0, 0.05) is 26.5 Å². The highest BCUT2D eigenvalue weighted by molar-refractivity contribution is 5.97. The van der Waals surface area contributed by atoms with Crippen molar-refractivity contribution in [2.45, 2.75) is 6.92 Å². The third-order valence-electron chi connectivity index (χ3n) is 2.59. The molecule has 0 bridgehead atoms. The van der Waals surface area contributed by atoms with E-state index in [0.717, 1.165) is 0 Å². The van der Waals surface area contributed by atoms with E-state index in [1.165, 1.54) is 23.8 Å². The van der Waals surface area contributed by atoms with Crippen molar-refractivity contribution in [2.24, 2.45) is 0 Å². The van der Waals surface area contributed by atoms with E-state index in [2.05, 4.69) is 10.1 Å². The fourth-order valence-corrected chi connectivity index (χ4v) is 1.68. The van der Waals surface area contributed by atoms with Gasteiger partial charge in [-0.3, -0.25) is 4.79 Å². The molecule has 2 heterocycles. The number of hydrogen-bond donors (Lipinski definition) is 0. The van der Waals surface area contributed by atoms with Crippen LogP contribution < -0.4 is 0 Å². The zero-order valence-corrected chi connectivity index (χ0v) is 11.0. The summed E-state index contributed by atoms with van der Waals surface area (Å²) < 4.78 is 1.51. The first-order valence-electron chi connectivity index (χ1n) is 5.67. The molecule has 19 heavy (non-hydrogen) atoms. The molecule has 2 aromatic rings. The molecule has 0 aliphatic heterocycles. The van der Waals surface area contributed by atoms with Crippen LogP contribution >= 0.6 is 0 Å². The summed E-state index contributed by atoms with van der Waals surface area (Å²) in [5.41, 5.74) is 1.92. The number of carbonyl (C=O) groups is 1. The predicted octanol–water partition coefficient (Wildman–Crippen LogP) is 1.34. The zero-order valence-electron chi connectivity index (χ0n) is 11.0. The summed E-state index contributed by atoms with van der Waals surface area (Å²) in [7, 11) is 3.76. The van der Waals surface area contributed by atoms with Gasteiger partial charge in [0.1, 0.15) is 11.6 Å². The lowest BCUT2D eigenvalue weighted by molar-refractivity contribution is 0.101. The molecule has 0 atom stereocenters. The first-order valence-corrected chi connectivity index (χ1v) is 5.67. The van der Waals surface area contributed by atoms with E-state index < -0.39 is 0 Å². The minimum Gasteiger partial charge on any atom is -0.383 e. The van der Waals surface area contributed by atoms with Crippen molar-refractivity contribution in [1.82, 2.24) is 19.5 Å². The molecule has 2 aromatic heterocycles. The lowest BCUT2D eigenvalue weighted by Gasteiger charge is -2.07. The van der Waals surface area contributed by atoms with Gasteiger partial charge in [-0.25, -0.2) is 9.50 Å². The highest BCUT2D eigenvalue weighted by atomic mass is 16.1. The topological polar surface area (TPSA) is 74.3 Å². The molecule has 0 unspecified atom stereocenters. The summed E-state index contributed by atoms with van der Waals surface area (Å²) in [6, 6.07) is 2.03. The van der Waals surface area contributed by atoms with Crippen LogP contribution in [0.5, 0.6) is 0 Å². The van der Waals surface area contributed by atoms with Gasteiger partial charge in [0.2, 0.25) is 0 Å². The second kappa shape index (κ2) is 4.90. The highest BCUT2D eigenvalue weighted by Gasteiger charge is 2.13. The molecule has 0 amide bonds. The monoisotopic (exact) mass is 255 g/mol. The smallest absolute Gasteiger partial charge is 0.173 e. The summed E-state index contributed by atoms with van der Waals surface area (Å²) in [6.45, 7) is 1.48. The Morgan fingerprint density at radius 2 is 2.21 bits per heavy atom. The minimum absolute atomic E-state index is 0.0955. The van der Waals surface area contributed by atoms with Gasteiger partial charge in [0.25, 0.3) is 0 Å². The van der Waals surface area contributed by atoms with Gasteiger partial charge in [0.05, 0.1) is 17.5 Å². The average Bonchev–Trinajstić information content (AvgIpc) is 2.78. The third-order valence-corrected chi connectivity index (χ3v) is 2.59. The Morgan fingerprint density at radius 1 is 1.47 bits per heavy atom. The molecule has 0 fully saturated rings. The van der Waals surface area contributed by atoms with Crippen molar-refractivity contribution in [2.75, 3.05) is 14.1 Å². The number of ketones is 1. The molecule has 6 nitrogen and oxygen atoms in total. The van der Waals surface area contributed by atoms with Crippen LogP contribution in [0.4, 0.5) is 0 Å². The molecule has 0 aliphatic rings. The van der Waals surface area contributed by atoms with Crippen molar-refractivity contribution in [1.29, 1.82) is 5.26 Å². The van der Waals surface area contributed by atoms with Gasteiger partial charge in [-0.05, 0) is 13.0 Å². The minimum atomic E-state index is -0.0955. The van der Waals surface area contributed by atoms with Gasteiger partial charge < -0.3 is 4.90 Å². The number of rotatable bonds is 3. The third kappa shape index (κ3) is 2.31. The number of nitriles is 1. The van der Waals surface area contributed by atoms with Crippen LogP contribution in [0.3, 0.4) is 0 Å². The Hall–Kier alpha value is -2.68. The van der Waals surface area contributed by atoms with Crippen molar-refractivity contribution >= 4 is 17.5 Å². The average molecular weight is 255 g/mol. The molecule has 0 saturated carbocycles. The Bertz CT molecular complexity index is 706. The number of nitrogens with zero attached hydrogens (tertiary/aromatic N) is 5. The standard InChI is InChI=1S/C13H13N5O/c1-9(19)11-8-15-13-10(6-14)7-16-18(13)12(11)4-5-17(2)3/h4-5,7-8H,1-3H3/b5-4+. The molecular formula is C13H13N5O. The second-order valence-electron chi connectivity index (χ2n) is 4.30. The number of aromatic nitrogens is 3. The number of Topliss-reactive ketones (excluding diaryl/α,β-unsaturated/α-hetero) is 1. The van der Waals surface area contributed by atoms with E-state index in [1.54, 1.807) is 6.08 Å². The molecule has 0 spiro atoms. The van der Waals surface area contributed by atoms with Gasteiger partial charge >= 0.3 is 0 Å². The zero-order chi connectivity index (χ0) is 14.0. The van der Waals surface area contributed by atoms with Crippen molar-refractivity contribution in [3.8, 4) is 6.07 Å². The van der Waals surface area contributed by atoms with Crippen LogP contribution in [0.2, 0.25) is 0 Å². The second-order valence-corrected chi connectivity index (χ2v) is 4.30. The van der Waals surface area contributed by atoms with Gasteiger partial charge in [-0.2, -0.15) is 10.4 Å². The summed E-state index contributed by atoms with van der Waals surface area (Å²) in [5.74, 6) is -0.0955. The highest BCUT2D eigenvalue weighted by Crippen LogP contribution is 2.15. The molecule has 6 heteroatoms. The van der Waals surface area contributed by atoms with E-state index >= 15 is 0 Å². The fraction of sp³-hybridized carbons (Fsp3) is 0.231. The molecule has 0 aromatic carbocycles. The van der Waals surface area contributed by atoms with Crippen molar-refractivity contribution in [3.05, 3.63) is 35.4 Å². The summed E-state index contributed by atoms with van der Waals surface area (Å²) in [5, 5.41) is 13.1. The maximum absolute atomic E-state index is 11.6. The molecule has 0 radical (unpaired) electrons. The molecule has 0 N–H and O–H groups in total. The van der Waals surface area contributed by atoms with Crippen molar-refractivity contribution in [3.63, 3.8) is 0 Å². The lowest BCUT2D eigenvalue weighted by Crippen LogP contribution is -2.07. The van der Waals surface area contributed by atoms with Crippen LogP contribution in [0.15, 0.2) is 18.6 Å². The molecule has 96 valence electrons. The molecule has 2 rings (SSSR count). The normalized spacial score (nSPS) is 10.8. The lowest BCUT2D eigenvalue weighted by atomic mass is 10.1. The number of fused-ring (bicyclic) bond motifs is 1. The Kier molecular flexibility index (Phi) is 3.29. The SMILES string of the molecule is CC(=O)c1cnc2c(C#N)cnn2c1/C=C/N(C)C. The van der Waals surface area contributed by atoms with E-state index in [4.69, 9.17) is 5.26 Å². The van der Waals surface area contributed by atoms with E-state index in [0.29, 0.717) is 22.5 Å². The maximum Gasteiger partial charge on any atom is 0.173 e. The first-order chi connectivity index (χ1) is 9.04. The van der Waals surface area contributed by atoms with Gasteiger partial charge in [-0.15, -0.1) is 0 Å². The van der Waals surface area contributed by atoms with E-state index in [1.807, 2.05) is 31.3 Å². The van der Waals surface area contributed by atoms with Gasteiger partial charge in [0.15, 0.2) is 11.4 Å². The van der Waals surface area contributed by atoms with Crippen molar-refractivity contribution < 1.29 is 4.79 Å². The predicted molar refractivity (Wildman–Crippen MR) is 70.4 cm³/mol. The Morgan fingerprint density at radius 3 is 2.79 bits per heavy atom. The van der Waals surface area contributed by atoms with Crippen LogP contribution in [0.1, 0.15) is 28.5 Å². The summed E-state index contributed by atoms with van der Waals surface area (Å²) in [4.78, 5) is 17.6. The van der Waals surface area contributed by atoms with Crippen LogP contribution in [0, 0.1) is 11.3 Å². The molecular weight excluding hydrogens is 242 g/mol. The summed E-state index contributed by atoms with van der Waals surface area (Å²) >= 11 is 0. The Balaban J connectivity index is 2.74. The fourth-order valence-electron chi connectivity index (χ4n) is 1.68. The maximum atomic E-state index is 11.6. The number of hydrogen-bond acceptors (Lipinski definition) is 5. The van der Waals surface area contributed by atoms with Crippen LogP contribution in [-0.2, 0) is 0 Å². The molecule has 0 aliphatic carbocycles. The first kappa shape index (κ1) is 12.8. The number of carbonyl (C=O) groups excluding carboxylic acids is 1. The van der Waals surface area contributed by atoms with Crippen LogP contribution in [-0.4, -0.2) is 39.4 Å². The largest absolute Gasteiger partial charge is 0.383 e. The van der Waals surface area contributed by atoms with Crippen LogP contribution in [0.25, 0.3) is 11.7 Å². The Labute approximate surface area is 110 Å². The van der Waals surface area contributed by atoms with Gasteiger partial charge in [-0.1, -0.05) is 0 Å².